The van der Waals surface area contributed by atoms with Crippen LogP contribution in [0.4, 0.5) is 10.5 Å². The molecule has 0 atom stereocenters. The Kier molecular flexibility index (Phi) is 5.55. The molecule has 2 amide bonds. The summed E-state index contributed by atoms with van der Waals surface area (Å²) >= 11 is 0. The number of ether oxygens (including phenoxy) is 1. The summed E-state index contributed by atoms with van der Waals surface area (Å²) in [7, 11) is 0. The standard InChI is InChI=1S/C15H22N2O3/c1-5-10-16-13(18)11-8-6-7-9-12(11)17-14(19)20-15(2,3)4/h6-9H,5,10H2,1-4H3,(H,16,18)(H,17,19). The average Bonchev–Trinajstić information content (AvgIpc) is 2.34. The van der Waals surface area contributed by atoms with E-state index in [1.165, 1.54) is 0 Å². The molecule has 2 N–H and O–H groups in total. The summed E-state index contributed by atoms with van der Waals surface area (Å²) in [4.78, 5) is 23.7. The maximum absolute atomic E-state index is 12.0. The first-order valence-corrected chi connectivity index (χ1v) is 6.70. The van der Waals surface area contributed by atoms with E-state index in [9.17, 15) is 9.59 Å². The first-order chi connectivity index (χ1) is 9.33. The molecule has 110 valence electrons. The molecule has 0 aliphatic heterocycles. The van der Waals surface area contributed by atoms with Crippen LogP contribution in [-0.2, 0) is 4.74 Å². The number of para-hydroxylation sites is 1. The molecule has 0 saturated carbocycles. The number of nitrogens with one attached hydrogen (secondary N) is 2. The van der Waals surface area contributed by atoms with Gasteiger partial charge in [0, 0.05) is 6.54 Å². The maximum atomic E-state index is 12.0. The molecule has 5 heteroatoms. The third kappa shape index (κ3) is 5.30. The smallest absolute Gasteiger partial charge is 0.412 e. The second kappa shape index (κ2) is 6.93. The van der Waals surface area contributed by atoms with Gasteiger partial charge in [-0.3, -0.25) is 10.1 Å². The number of hydrogen-bond donors (Lipinski definition) is 2. The molecule has 0 radical (unpaired) electrons. The van der Waals surface area contributed by atoms with Gasteiger partial charge in [0.2, 0.25) is 0 Å². The van der Waals surface area contributed by atoms with E-state index >= 15 is 0 Å². The average molecular weight is 278 g/mol. The Balaban J connectivity index is 2.80. The predicted octanol–water partition coefficient (Wildman–Crippen LogP) is 3.17. The lowest BCUT2D eigenvalue weighted by Crippen LogP contribution is -2.29. The SMILES string of the molecule is CCCNC(=O)c1ccccc1NC(=O)OC(C)(C)C. The quantitative estimate of drug-likeness (QED) is 0.889. The Morgan fingerprint density at radius 1 is 1.20 bits per heavy atom. The number of anilines is 1. The first-order valence-electron chi connectivity index (χ1n) is 6.70. The summed E-state index contributed by atoms with van der Waals surface area (Å²) in [5, 5.41) is 5.38. The lowest BCUT2D eigenvalue weighted by Gasteiger charge is -2.20. The monoisotopic (exact) mass is 278 g/mol. The van der Waals surface area contributed by atoms with E-state index in [0.717, 1.165) is 6.42 Å². The zero-order valence-corrected chi connectivity index (χ0v) is 12.4. The van der Waals surface area contributed by atoms with Crippen molar-refractivity contribution in [2.75, 3.05) is 11.9 Å². The molecule has 0 heterocycles. The lowest BCUT2D eigenvalue weighted by molar-refractivity contribution is 0.0636. The van der Waals surface area contributed by atoms with Crippen LogP contribution in [0.5, 0.6) is 0 Å². The van der Waals surface area contributed by atoms with Crippen LogP contribution in [0.25, 0.3) is 0 Å². The predicted molar refractivity (Wildman–Crippen MR) is 78.9 cm³/mol. The van der Waals surface area contributed by atoms with Crippen molar-refractivity contribution >= 4 is 17.7 Å². The van der Waals surface area contributed by atoms with Crippen molar-refractivity contribution in [3.05, 3.63) is 29.8 Å². The molecule has 20 heavy (non-hydrogen) atoms. The Bertz CT molecular complexity index is 478. The summed E-state index contributed by atoms with van der Waals surface area (Å²) in [6, 6.07) is 6.84. The topological polar surface area (TPSA) is 67.4 Å². The normalized spacial score (nSPS) is 10.8. The molecule has 0 unspecified atom stereocenters. The highest BCUT2D eigenvalue weighted by atomic mass is 16.6. The Morgan fingerprint density at radius 3 is 2.45 bits per heavy atom. The number of carbonyl (C=O) groups excluding carboxylic acids is 2. The van der Waals surface area contributed by atoms with Crippen LogP contribution in [0.1, 0.15) is 44.5 Å². The number of hydrogen-bond acceptors (Lipinski definition) is 3. The van der Waals surface area contributed by atoms with Crippen LogP contribution >= 0.6 is 0 Å². The van der Waals surface area contributed by atoms with Crippen molar-refractivity contribution in [1.82, 2.24) is 5.32 Å². The highest BCUT2D eigenvalue weighted by molar-refractivity contribution is 6.02. The van der Waals surface area contributed by atoms with Crippen LogP contribution < -0.4 is 10.6 Å². The molecule has 0 bridgehead atoms. The van der Waals surface area contributed by atoms with E-state index in [1.807, 2.05) is 6.92 Å². The third-order valence-electron chi connectivity index (χ3n) is 2.34. The van der Waals surface area contributed by atoms with Gasteiger partial charge in [-0.05, 0) is 39.3 Å². The molecule has 1 aromatic carbocycles. The van der Waals surface area contributed by atoms with Crippen molar-refractivity contribution in [2.45, 2.75) is 39.7 Å². The zero-order chi connectivity index (χ0) is 15.2. The number of benzene rings is 1. The largest absolute Gasteiger partial charge is 0.444 e. The summed E-state index contributed by atoms with van der Waals surface area (Å²) in [5.74, 6) is -0.210. The van der Waals surface area contributed by atoms with Gasteiger partial charge in [0.15, 0.2) is 0 Å². The van der Waals surface area contributed by atoms with Crippen molar-refractivity contribution in [3.63, 3.8) is 0 Å². The summed E-state index contributed by atoms with van der Waals surface area (Å²) in [6.07, 6.45) is 0.279. The molecule has 0 aromatic heterocycles. The fourth-order valence-electron chi connectivity index (χ4n) is 1.54. The highest BCUT2D eigenvalue weighted by Crippen LogP contribution is 2.16. The third-order valence-corrected chi connectivity index (χ3v) is 2.34. The van der Waals surface area contributed by atoms with Crippen molar-refractivity contribution in [3.8, 4) is 0 Å². The van der Waals surface area contributed by atoms with Gasteiger partial charge in [-0.15, -0.1) is 0 Å². The Morgan fingerprint density at radius 2 is 1.85 bits per heavy atom. The first kappa shape index (κ1) is 16.0. The number of amides is 2. The molecule has 0 saturated heterocycles. The second-order valence-electron chi connectivity index (χ2n) is 5.43. The Hall–Kier alpha value is -2.04. The minimum atomic E-state index is -0.580. The van der Waals surface area contributed by atoms with Gasteiger partial charge in [0.1, 0.15) is 5.60 Å². The second-order valence-corrected chi connectivity index (χ2v) is 5.43. The molecule has 0 spiro atoms. The summed E-state index contributed by atoms with van der Waals surface area (Å²) < 4.78 is 5.18. The fourth-order valence-corrected chi connectivity index (χ4v) is 1.54. The zero-order valence-electron chi connectivity index (χ0n) is 12.4. The van der Waals surface area contributed by atoms with Crippen molar-refractivity contribution < 1.29 is 14.3 Å². The van der Waals surface area contributed by atoms with Crippen LogP contribution in [0, 0.1) is 0 Å². The molecular formula is C15H22N2O3. The molecule has 0 aliphatic rings. The maximum Gasteiger partial charge on any atom is 0.412 e. The minimum absolute atomic E-state index is 0.210. The van der Waals surface area contributed by atoms with Gasteiger partial charge in [0.25, 0.3) is 5.91 Å². The van der Waals surface area contributed by atoms with Crippen LogP contribution in [-0.4, -0.2) is 24.1 Å². The van der Waals surface area contributed by atoms with Gasteiger partial charge in [-0.25, -0.2) is 4.79 Å². The van der Waals surface area contributed by atoms with E-state index in [0.29, 0.717) is 17.8 Å². The molecule has 5 nitrogen and oxygen atoms in total. The van der Waals surface area contributed by atoms with Gasteiger partial charge >= 0.3 is 6.09 Å². The van der Waals surface area contributed by atoms with Crippen LogP contribution in [0.3, 0.4) is 0 Å². The van der Waals surface area contributed by atoms with E-state index in [2.05, 4.69) is 10.6 Å². The molecule has 1 aromatic rings. The Labute approximate surface area is 119 Å². The fraction of sp³-hybridized carbons (Fsp3) is 0.467. The van der Waals surface area contributed by atoms with Crippen molar-refractivity contribution in [2.24, 2.45) is 0 Å². The van der Waals surface area contributed by atoms with E-state index in [4.69, 9.17) is 4.74 Å². The highest BCUT2D eigenvalue weighted by Gasteiger charge is 2.18. The van der Waals surface area contributed by atoms with E-state index < -0.39 is 11.7 Å². The van der Waals surface area contributed by atoms with E-state index in [1.54, 1.807) is 45.0 Å². The van der Waals surface area contributed by atoms with Gasteiger partial charge in [0.05, 0.1) is 11.3 Å². The van der Waals surface area contributed by atoms with Gasteiger partial charge < -0.3 is 10.1 Å². The summed E-state index contributed by atoms with van der Waals surface area (Å²) in [5.41, 5.74) is 0.283. The van der Waals surface area contributed by atoms with Crippen molar-refractivity contribution in [1.29, 1.82) is 0 Å². The van der Waals surface area contributed by atoms with E-state index in [-0.39, 0.29) is 5.91 Å². The number of carbonyl (C=O) groups is 2. The molecule has 1 rings (SSSR count). The van der Waals surface area contributed by atoms with Gasteiger partial charge in [-0.1, -0.05) is 19.1 Å². The van der Waals surface area contributed by atoms with Gasteiger partial charge in [-0.2, -0.15) is 0 Å². The van der Waals surface area contributed by atoms with Crippen LogP contribution in [0.15, 0.2) is 24.3 Å². The number of rotatable bonds is 4. The molecular weight excluding hydrogens is 256 g/mol. The molecule has 0 fully saturated rings. The summed E-state index contributed by atoms with van der Waals surface area (Å²) in [6.45, 7) is 7.93. The van der Waals surface area contributed by atoms with Crippen LogP contribution in [0.2, 0.25) is 0 Å². The minimum Gasteiger partial charge on any atom is -0.444 e. The lowest BCUT2D eigenvalue weighted by atomic mass is 10.1. The molecule has 0 aliphatic carbocycles.